The molecular weight excluding hydrogens is 404 g/mol. The van der Waals surface area contributed by atoms with Gasteiger partial charge < -0.3 is 10.2 Å². The van der Waals surface area contributed by atoms with Gasteiger partial charge in [0.2, 0.25) is 11.8 Å². The molecule has 0 aliphatic carbocycles. The second-order valence-electron chi connectivity index (χ2n) is 7.27. The molecule has 146 valence electrons. The Morgan fingerprint density at radius 3 is 2.79 bits per heavy atom. The molecule has 2 aromatic carbocycles. The summed E-state index contributed by atoms with van der Waals surface area (Å²) < 4.78 is 2.13. The van der Waals surface area contributed by atoms with Crippen LogP contribution in [0.5, 0.6) is 0 Å². The van der Waals surface area contributed by atoms with Crippen molar-refractivity contribution in [3.05, 3.63) is 47.0 Å². The lowest BCUT2D eigenvalue weighted by atomic mass is 10.1. The summed E-state index contributed by atoms with van der Waals surface area (Å²) in [5, 5.41) is 4.46. The van der Waals surface area contributed by atoms with Gasteiger partial charge in [-0.3, -0.25) is 9.59 Å². The number of carbonyl (C=O) groups is 2. The highest BCUT2D eigenvalue weighted by atomic mass is 32.1. The summed E-state index contributed by atoms with van der Waals surface area (Å²) in [6.07, 6.45) is 0.198. The van der Waals surface area contributed by atoms with E-state index in [1.807, 2.05) is 44.2 Å². The Morgan fingerprint density at radius 1 is 1.07 bits per heavy atom. The van der Waals surface area contributed by atoms with Crippen molar-refractivity contribution in [2.24, 2.45) is 5.92 Å². The molecule has 5 rings (SSSR count). The number of fused-ring (bicyclic) bond motifs is 2. The summed E-state index contributed by atoms with van der Waals surface area (Å²) in [4.78, 5) is 36.0. The highest BCUT2D eigenvalue weighted by Crippen LogP contribution is 2.32. The topological polar surface area (TPSA) is 75.2 Å². The second kappa shape index (κ2) is 6.89. The van der Waals surface area contributed by atoms with Crippen LogP contribution in [0.1, 0.15) is 17.0 Å². The van der Waals surface area contributed by atoms with E-state index in [9.17, 15) is 9.59 Å². The lowest BCUT2D eigenvalue weighted by molar-refractivity contribution is -0.122. The zero-order chi connectivity index (χ0) is 20.1. The molecule has 1 unspecified atom stereocenters. The molecule has 4 aromatic rings. The van der Waals surface area contributed by atoms with Crippen molar-refractivity contribution in [2.75, 3.05) is 16.8 Å². The van der Waals surface area contributed by atoms with Crippen molar-refractivity contribution in [1.29, 1.82) is 0 Å². The molecule has 0 bridgehead atoms. The molecule has 1 atom stereocenters. The Kier molecular flexibility index (Phi) is 4.33. The third-order valence-corrected chi connectivity index (χ3v) is 6.95. The third-order valence-electron chi connectivity index (χ3n) is 5.06. The van der Waals surface area contributed by atoms with Crippen molar-refractivity contribution in [2.45, 2.75) is 20.3 Å². The number of aryl methyl sites for hydroxylation is 2. The van der Waals surface area contributed by atoms with Crippen LogP contribution in [0.15, 0.2) is 36.4 Å². The van der Waals surface area contributed by atoms with Crippen molar-refractivity contribution >= 4 is 65.7 Å². The average molecular weight is 423 g/mol. The molecule has 2 aromatic heterocycles. The highest BCUT2D eigenvalue weighted by molar-refractivity contribution is 7.22. The van der Waals surface area contributed by atoms with E-state index in [0.29, 0.717) is 11.7 Å². The summed E-state index contributed by atoms with van der Waals surface area (Å²) in [7, 11) is 0. The zero-order valence-electron chi connectivity index (χ0n) is 15.9. The van der Waals surface area contributed by atoms with E-state index in [1.54, 1.807) is 16.2 Å². The number of hydrogen-bond acceptors (Lipinski definition) is 6. The van der Waals surface area contributed by atoms with Crippen molar-refractivity contribution in [1.82, 2.24) is 9.97 Å². The van der Waals surface area contributed by atoms with E-state index in [-0.39, 0.29) is 18.2 Å². The molecule has 1 fully saturated rings. The number of anilines is 2. The van der Waals surface area contributed by atoms with Gasteiger partial charge >= 0.3 is 0 Å². The fourth-order valence-corrected chi connectivity index (χ4v) is 5.40. The minimum absolute atomic E-state index is 0.0450. The van der Waals surface area contributed by atoms with Crippen LogP contribution in [0.25, 0.3) is 20.4 Å². The Morgan fingerprint density at radius 2 is 1.93 bits per heavy atom. The molecule has 1 aliphatic heterocycles. The molecule has 29 heavy (non-hydrogen) atoms. The standard InChI is InChI=1S/C21H18N4O2S2/c1-11-3-5-15-18(7-11)29-21(23-15)24-20(27)13-8-19(26)25(10-13)14-4-6-17-16(9-14)22-12(2)28-17/h3-7,9,13H,8,10H2,1-2H3,(H,23,24,27). The molecule has 0 radical (unpaired) electrons. The minimum atomic E-state index is -0.399. The number of amides is 2. The SMILES string of the molecule is Cc1ccc2nc(NC(=O)C3CC(=O)N(c4ccc5sc(C)nc5c4)C3)sc2c1. The Bertz CT molecular complexity index is 1280. The molecule has 0 saturated carbocycles. The molecule has 1 saturated heterocycles. The highest BCUT2D eigenvalue weighted by Gasteiger charge is 2.35. The van der Waals surface area contributed by atoms with Gasteiger partial charge in [-0.25, -0.2) is 9.97 Å². The third kappa shape index (κ3) is 3.38. The van der Waals surface area contributed by atoms with Crippen molar-refractivity contribution in [3.8, 4) is 0 Å². The maximum absolute atomic E-state index is 12.8. The van der Waals surface area contributed by atoms with Gasteiger partial charge in [0.25, 0.3) is 0 Å². The molecule has 6 nitrogen and oxygen atoms in total. The molecule has 1 aliphatic rings. The molecule has 2 amide bonds. The van der Waals surface area contributed by atoms with Gasteiger partial charge in [0.15, 0.2) is 5.13 Å². The molecule has 0 spiro atoms. The van der Waals surface area contributed by atoms with Gasteiger partial charge in [-0.2, -0.15) is 0 Å². The van der Waals surface area contributed by atoms with Crippen LogP contribution in [0.2, 0.25) is 0 Å². The summed E-state index contributed by atoms with van der Waals surface area (Å²) in [6.45, 7) is 4.36. The van der Waals surface area contributed by atoms with Crippen LogP contribution < -0.4 is 10.2 Å². The first-order valence-corrected chi connectivity index (χ1v) is 11.0. The van der Waals surface area contributed by atoms with Crippen LogP contribution in [-0.2, 0) is 9.59 Å². The van der Waals surface area contributed by atoms with E-state index in [0.717, 1.165) is 36.7 Å². The first kappa shape index (κ1) is 18.2. The number of hydrogen-bond donors (Lipinski definition) is 1. The number of nitrogens with one attached hydrogen (secondary N) is 1. The van der Waals surface area contributed by atoms with E-state index in [2.05, 4.69) is 21.4 Å². The van der Waals surface area contributed by atoms with Crippen LogP contribution in [0, 0.1) is 19.8 Å². The first-order valence-electron chi connectivity index (χ1n) is 9.32. The average Bonchev–Trinajstić information content (AvgIpc) is 3.35. The lowest BCUT2D eigenvalue weighted by Gasteiger charge is -2.16. The maximum atomic E-state index is 12.8. The molecule has 3 heterocycles. The Labute approximate surface area is 175 Å². The van der Waals surface area contributed by atoms with E-state index < -0.39 is 5.92 Å². The summed E-state index contributed by atoms with van der Waals surface area (Å²) in [5.41, 5.74) is 3.70. The van der Waals surface area contributed by atoms with Gasteiger partial charge in [-0.1, -0.05) is 17.4 Å². The number of nitrogens with zero attached hydrogens (tertiary/aromatic N) is 3. The number of aromatic nitrogens is 2. The predicted octanol–water partition coefficient (Wildman–Crippen LogP) is 4.51. The van der Waals surface area contributed by atoms with Crippen molar-refractivity contribution in [3.63, 3.8) is 0 Å². The molecule has 8 heteroatoms. The van der Waals surface area contributed by atoms with E-state index in [4.69, 9.17) is 0 Å². The summed E-state index contributed by atoms with van der Waals surface area (Å²) in [5.74, 6) is -0.609. The van der Waals surface area contributed by atoms with Gasteiger partial charge in [0.05, 0.1) is 31.4 Å². The van der Waals surface area contributed by atoms with Gasteiger partial charge in [0.1, 0.15) is 0 Å². The first-order chi connectivity index (χ1) is 14.0. The quantitative estimate of drug-likeness (QED) is 0.527. The maximum Gasteiger partial charge on any atom is 0.231 e. The minimum Gasteiger partial charge on any atom is -0.312 e. The largest absolute Gasteiger partial charge is 0.312 e. The van der Waals surface area contributed by atoms with Crippen LogP contribution in [0.3, 0.4) is 0 Å². The lowest BCUT2D eigenvalue weighted by Crippen LogP contribution is -2.28. The summed E-state index contributed by atoms with van der Waals surface area (Å²) in [6, 6.07) is 11.8. The zero-order valence-corrected chi connectivity index (χ0v) is 17.6. The smallest absolute Gasteiger partial charge is 0.231 e. The molecular formula is C21H18N4O2S2. The number of thiazole rings is 2. The number of benzene rings is 2. The van der Waals surface area contributed by atoms with Crippen molar-refractivity contribution < 1.29 is 9.59 Å². The predicted molar refractivity (Wildman–Crippen MR) is 118 cm³/mol. The number of carbonyl (C=O) groups excluding carboxylic acids is 2. The van der Waals surface area contributed by atoms with E-state index in [1.165, 1.54) is 11.3 Å². The second-order valence-corrected chi connectivity index (χ2v) is 9.54. The fraction of sp³-hybridized carbons (Fsp3) is 0.238. The van der Waals surface area contributed by atoms with Gasteiger partial charge in [0, 0.05) is 18.7 Å². The van der Waals surface area contributed by atoms with Crippen LogP contribution in [-0.4, -0.2) is 28.3 Å². The normalized spacial score (nSPS) is 16.8. The van der Waals surface area contributed by atoms with Gasteiger partial charge in [-0.05, 0) is 49.7 Å². The van der Waals surface area contributed by atoms with Gasteiger partial charge in [-0.15, -0.1) is 11.3 Å². The van der Waals surface area contributed by atoms with Crippen LogP contribution in [0.4, 0.5) is 10.8 Å². The number of rotatable bonds is 3. The van der Waals surface area contributed by atoms with Crippen LogP contribution >= 0.6 is 22.7 Å². The fourth-order valence-electron chi connectivity index (χ4n) is 3.62. The van der Waals surface area contributed by atoms with E-state index >= 15 is 0 Å². The monoisotopic (exact) mass is 422 g/mol. The Hall–Kier alpha value is -2.84. The summed E-state index contributed by atoms with van der Waals surface area (Å²) >= 11 is 3.08. The molecule has 1 N–H and O–H groups in total. The Balaban J connectivity index is 1.33.